The van der Waals surface area contributed by atoms with Crippen molar-refractivity contribution >= 4 is 5.97 Å². The minimum atomic E-state index is -1.72. The Morgan fingerprint density at radius 2 is 1.50 bits per heavy atom. The fraction of sp³-hybridized carbons (Fsp3) is 0.932. The monoisotopic (exact) mass is 827 g/mol. The van der Waals surface area contributed by atoms with Gasteiger partial charge in [0, 0.05) is 6.92 Å². The molecule has 6 fully saturated rings. The lowest BCUT2D eigenvalue weighted by Crippen LogP contribution is -2.71. The van der Waals surface area contributed by atoms with E-state index in [0.717, 1.165) is 19.3 Å². The number of carbonyl (C=O) groups is 1. The quantitative estimate of drug-likeness (QED) is 0.0902. The van der Waals surface area contributed by atoms with Gasteiger partial charge in [0.25, 0.3) is 0 Å². The van der Waals surface area contributed by atoms with Crippen molar-refractivity contribution in [2.45, 2.75) is 206 Å². The number of ether oxygens (including phenoxy) is 5. The summed E-state index contributed by atoms with van der Waals surface area (Å²) in [5.74, 6) is -1.23. The van der Waals surface area contributed by atoms with Crippen molar-refractivity contribution < 1.29 is 69.3 Å². The highest BCUT2D eigenvalue weighted by atomic mass is 16.8. The van der Waals surface area contributed by atoms with Gasteiger partial charge >= 0.3 is 5.97 Å². The number of hydrogen-bond donors (Lipinski definition) is 8. The second-order valence-corrected chi connectivity index (χ2v) is 20.9. The summed E-state index contributed by atoms with van der Waals surface area (Å²) < 4.78 is 30.7. The maximum Gasteiger partial charge on any atom is 0.302 e. The van der Waals surface area contributed by atoms with Crippen LogP contribution in [0.1, 0.15) is 121 Å². The molecule has 0 bridgehead atoms. The van der Waals surface area contributed by atoms with Gasteiger partial charge in [-0.05, 0) is 124 Å². The molecular weight excluding hydrogens is 752 g/mol. The Labute approximate surface area is 344 Å². The summed E-state index contributed by atoms with van der Waals surface area (Å²) in [6, 6.07) is 0. The van der Waals surface area contributed by atoms with Crippen LogP contribution in [0.25, 0.3) is 0 Å². The van der Waals surface area contributed by atoms with Gasteiger partial charge in [-0.25, -0.2) is 0 Å². The Morgan fingerprint density at radius 1 is 0.828 bits per heavy atom. The molecule has 21 atom stereocenters. The second-order valence-electron chi connectivity index (χ2n) is 20.9. The number of rotatable bonds is 10. The van der Waals surface area contributed by atoms with Crippen LogP contribution in [0.5, 0.6) is 0 Å². The van der Waals surface area contributed by atoms with Crippen LogP contribution in [0.3, 0.4) is 0 Å². The van der Waals surface area contributed by atoms with Gasteiger partial charge in [0.15, 0.2) is 12.6 Å². The molecule has 8 N–H and O–H groups in total. The molecule has 334 valence electrons. The van der Waals surface area contributed by atoms with E-state index in [1.165, 1.54) is 19.4 Å². The number of esters is 1. The van der Waals surface area contributed by atoms with Crippen LogP contribution in [-0.2, 0) is 28.5 Å². The molecule has 0 unspecified atom stereocenters. The molecule has 58 heavy (non-hydrogen) atoms. The molecule has 14 nitrogen and oxygen atoms in total. The first-order chi connectivity index (χ1) is 26.8. The van der Waals surface area contributed by atoms with E-state index in [9.17, 15) is 45.6 Å². The molecule has 0 spiro atoms. The van der Waals surface area contributed by atoms with Crippen molar-refractivity contribution in [3.8, 4) is 0 Å². The Hall–Kier alpha value is -1.27. The van der Waals surface area contributed by atoms with E-state index in [0.29, 0.717) is 32.1 Å². The lowest BCUT2D eigenvalue weighted by atomic mass is 9.34. The maximum atomic E-state index is 12.3. The van der Waals surface area contributed by atoms with Gasteiger partial charge in [-0.1, -0.05) is 46.3 Å². The third-order valence-electron chi connectivity index (χ3n) is 16.7. The van der Waals surface area contributed by atoms with E-state index in [1.54, 1.807) is 0 Å². The van der Waals surface area contributed by atoms with Gasteiger partial charge in [-0.2, -0.15) is 0 Å². The molecule has 14 heteroatoms. The van der Waals surface area contributed by atoms with Crippen molar-refractivity contribution in [1.29, 1.82) is 0 Å². The molecule has 0 amide bonds. The number of allylic oxidation sites excluding steroid dienone is 2. The van der Waals surface area contributed by atoms with E-state index in [1.807, 2.05) is 34.6 Å². The largest absolute Gasteiger partial charge is 0.463 e. The lowest BCUT2D eigenvalue weighted by molar-refractivity contribution is -0.382. The van der Waals surface area contributed by atoms with Crippen LogP contribution < -0.4 is 0 Å². The molecule has 6 rings (SSSR count). The Bertz CT molecular complexity index is 1500. The Balaban J connectivity index is 1.40. The van der Waals surface area contributed by atoms with Crippen molar-refractivity contribution in [2.75, 3.05) is 6.61 Å². The first-order valence-electron chi connectivity index (χ1n) is 21.7. The van der Waals surface area contributed by atoms with E-state index >= 15 is 0 Å². The summed E-state index contributed by atoms with van der Waals surface area (Å²) >= 11 is 0. The highest BCUT2D eigenvalue weighted by molar-refractivity contribution is 5.65. The molecule has 0 aromatic carbocycles. The van der Waals surface area contributed by atoms with Gasteiger partial charge in [0.05, 0.1) is 30.0 Å². The average molecular weight is 827 g/mol. The van der Waals surface area contributed by atoms with Gasteiger partial charge in [-0.3, -0.25) is 4.79 Å². The molecule has 4 saturated carbocycles. The average Bonchev–Trinajstić information content (AvgIpc) is 3.52. The predicted octanol–water partition coefficient (Wildman–Crippen LogP) is 2.72. The van der Waals surface area contributed by atoms with Crippen LogP contribution in [0, 0.1) is 45.3 Å². The second kappa shape index (κ2) is 16.5. The molecule has 2 heterocycles. The standard InChI is InChI=1S/C44H74O14/c1-21(2)12-11-15-44(10,53)24-13-17-42(8)30(24)25(46)18-28-41(7)16-14-29(47)40(5,6)37(41)26(19-43(28,42)9)56-39-36(34(51)32(49)27(57-39)20-54-23(4)45)58-38-35(52)33(50)31(48)22(3)55-38/h12,22,24-39,46-53H,11,13-20H2,1-10H3/t22-,24-,25+,26-,27+,28+,29-,30-,31-,32+,33+,34-,35+,36+,37-,38-,39+,41+,42+,43+,44-/m0/s1. The molecule has 6 aliphatic rings. The number of fused-ring (bicyclic) bond motifs is 5. The summed E-state index contributed by atoms with van der Waals surface area (Å²) in [7, 11) is 0. The zero-order valence-electron chi connectivity index (χ0n) is 36.3. The number of hydrogen-bond acceptors (Lipinski definition) is 14. The SMILES string of the molecule is CC(=O)OC[C@H]1O[C@@H](O[C@H]2C[C@]3(C)[C@H](C[C@@H](O)[C@@H]4[C@@H]([C@@](C)(O)CCC=C(C)C)CC[C@]43C)[C@@]3(C)CC[C@H](O)C(C)(C)[C@H]23)[C@H](O[C@@H]2O[C@@H](C)[C@H](O)[C@@H](O)[C@H]2O)[C@@H](O)[C@@H]1O. The molecule has 4 aliphatic carbocycles. The van der Waals surface area contributed by atoms with Crippen LogP contribution in [0.4, 0.5) is 0 Å². The highest BCUT2D eigenvalue weighted by Gasteiger charge is 2.73. The third-order valence-corrected chi connectivity index (χ3v) is 16.7. The fourth-order valence-electron chi connectivity index (χ4n) is 13.5. The molecular formula is C44H74O14. The highest BCUT2D eigenvalue weighted by Crippen LogP contribution is 2.76. The van der Waals surface area contributed by atoms with Crippen LogP contribution >= 0.6 is 0 Å². The third kappa shape index (κ3) is 7.76. The van der Waals surface area contributed by atoms with Crippen molar-refractivity contribution in [3.05, 3.63) is 11.6 Å². The minimum absolute atomic E-state index is 0.0193. The summed E-state index contributed by atoms with van der Waals surface area (Å²) in [5.41, 5.74) is -1.84. The Morgan fingerprint density at radius 3 is 2.14 bits per heavy atom. The van der Waals surface area contributed by atoms with Crippen molar-refractivity contribution in [2.24, 2.45) is 45.3 Å². The minimum Gasteiger partial charge on any atom is -0.463 e. The number of aliphatic hydroxyl groups excluding tert-OH is 7. The molecule has 2 saturated heterocycles. The topological polar surface area (TPSA) is 225 Å². The van der Waals surface area contributed by atoms with Crippen LogP contribution in [-0.4, -0.2) is 139 Å². The van der Waals surface area contributed by atoms with Crippen LogP contribution in [0.2, 0.25) is 0 Å². The van der Waals surface area contributed by atoms with Crippen LogP contribution in [0.15, 0.2) is 11.6 Å². The van der Waals surface area contributed by atoms with Gasteiger partial charge < -0.3 is 64.5 Å². The fourth-order valence-corrected chi connectivity index (χ4v) is 13.5. The van der Waals surface area contributed by atoms with E-state index in [4.69, 9.17) is 23.7 Å². The number of carbonyl (C=O) groups excluding carboxylic acids is 1. The summed E-state index contributed by atoms with van der Waals surface area (Å²) in [6.45, 7) is 19.2. The maximum absolute atomic E-state index is 12.3. The van der Waals surface area contributed by atoms with Crippen molar-refractivity contribution in [1.82, 2.24) is 0 Å². The van der Waals surface area contributed by atoms with Crippen molar-refractivity contribution in [3.63, 3.8) is 0 Å². The zero-order valence-corrected chi connectivity index (χ0v) is 36.3. The molecule has 2 aliphatic heterocycles. The predicted molar refractivity (Wildman–Crippen MR) is 210 cm³/mol. The first-order valence-corrected chi connectivity index (χ1v) is 21.7. The summed E-state index contributed by atoms with van der Waals surface area (Å²) in [6.07, 6.45) is -9.45. The normalized spacial score (nSPS) is 51.1. The number of aliphatic hydroxyl groups is 8. The zero-order chi connectivity index (χ0) is 43.1. The molecule has 0 radical (unpaired) electrons. The lowest BCUT2D eigenvalue weighted by Gasteiger charge is -2.72. The van der Waals surface area contributed by atoms with E-state index < -0.39 is 120 Å². The summed E-state index contributed by atoms with van der Waals surface area (Å²) in [4.78, 5) is 11.9. The van der Waals surface area contributed by atoms with Gasteiger partial charge in [0.2, 0.25) is 0 Å². The molecule has 0 aromatic heterocycles. The smallest absolute Gasteiger partial charge is 0.302 e. The van der Waals surface area contributed by atoms with E-state index in [2.05, 4.69) is 26.8 Å². The molecule has 0 aromatic rings. The van der Waals surface area contributed by atoms with E-state index in [-0.39, 0.29) is 23.7 Å². The Kier molecular flexibility index (Phi) is 13.1. The summed E-state index contributed by atoms with van der Waals surface area (Å²) in [5, 5.41) is 91.0. The first kappa shape index (κ1) is 46.2. The van der Waals surface area contributed by atoms with Gasteiger partial charge in [-0.15, -0.1) is 0 Å². The van der Waals surface area contributed by atoms with Gasteiger partial charge in [0.1, 0.15) is 49.3 Å².